The fourth-order valence-electron chi connectivity index (χ4n) is 2.82. The van der Waals surface area contributed by atoms with Gasteiger partial charge in [0.1, 0.15) is 0 Å². The van der Waals surface area contributed by atoms with E-state index in [1.807, 2.05) is 14.0 Å². The molecule has 4 nitrogen and oxygen atoms in total. The van der Waals surface area contributed by atoms with Crippen molar-refractivity contribution < 1.29 is 0 Å². The highest BCUT2D eigenvalue weighted by atomic mass is 127. The van der Waals surface area contributed by atoms with E-state index in [1.54, 1.807) is 11.3 Å². The first-order valence-corrected chi connectivity index (χ1v) is 9.01. The van der Waals surface area contributed by atoms with E-state index in [2.05, 4.69) is 56.3 Å². The van der Waals surface area contributed by atoms with Crippen molar-refractivity contribution in [2.24, 2.45) is 4.99 Å². The molecule has 2 N–H and O–H groups in total. The van der Waals surface area contributed by atoms with Gasteiger partial charge < -0.3 is 10.6 Å². The van der Waals surface area contributed by atoms with E-state index >= 15 is 0 Å². The summed E-state index contributed by atoms with van der Waals surface area (Å²) in [6.45, 7) is 3.83. The average molecular weight is 456 g/mol. The van der Waals surface area contributed by atoms with Gasteiger partial charge in [0.05, 0.1) is 10.7 Å². The summed E-state index contributed by atoms with van der Waals surface area (Å²) >= 11 is 1.70. The SMILES string of the molecule is CN=C(NCCc1csc(C)n1)NCC1(c2ccccc2)CC1.I. The Morgan fingerprint density at radius 3 is 2.58 bits per heavy atom. The average Bonchev–Trinajstić information content (AvgIpc) is 3.27. The highest BCUT2D eigenvalue weighted by Gasteiger charge is 2.43. The van der Waals surface area contributed by atoms with Crippen LogP contribution >= 0.6 is 35.3 Å². The third-order valence-electron chi connectivity index (χ3n) is 4.40. The number of rotatable bonds is 6. The fourth-order valence-corrected chi connectivity index (χ4v) is 3.46. The molecule has 1 heterocycles. The van der Waals surface area contributed by atoms with Crippen molar-refractivity contribution in [1.82, 2.24) is 15.6 Å². The molecule has 0 amide bonds. The number of benzene rings is 1. The normalized spacial score (nSPS) is 15.5. The molecule has 0 atom stereocenters. The van der Waals surface area contributed by atoms with Crippen LogP contribution in [0, 0.1) is 6.92 Å². The Balaban J connectivity index is 0.00000208. The van der Waals surface area contributed by atoms with E-state index in [1.165, 1.54) is 18.4 Å². The maximum absolute atomic E-state index is 4.49. The summed E-state index contributed by atoms with van der Waals surface area (Å²) in [5, 5.41) is 10.1. The summed E-state index contributed by atoms with van der Waals surface area (Å²) in [6.07, 6.45) is 3.42. The molecule has 0 aliphatic heterocycles. The van der Waals surface area contributed by atoms with Gasteiger partial charge in [-0.05, 0) is 25.3 Å². The fraction of sp³-hybridized carbons (Fsp3) is 0.444. The number of thiazole rings is 1. The zero-order valence-corrected chi connectivity index (χ0v) is 17.4. The number of nitrogens with one attached hydrogen (secondary N) is 2. The summed E-state index contributed by atoms with van der Waals surface area (Å²) in [4.78, 5) is 8.81. The minimum Gasteiger partial charge on any atom is -0.356 e. The third-order valence-corrected chi connectivity index (χ3v) is 5.22. The van der Waals surface area contributed by atoms with Crippen LogP contribution in [0.4, 0.5) is 0 Å². The van der Waals surface area contributed by atoms with E-state index < -0.39 is 0 Å². The Hall–Kier alpha value is -1.15. The number of hydrogen-bond acceptors (Lipinski definition) is 3. The standard InChI is InChI=1S/C18H24N4S.HI/c1-14-22-16(12-23-14)8-11-20-17(19-2)21-13-18(9-10-18)15-6-4-3-5-7-15;/h3-7,12H,8-11,13H2,1-2H3,(H2,19,20,21);1H. The lowest BCUT2D eigenvalue weighted by Crippen LogP contribution is -2.42. The molecule has 3 rings (SSSR count). The lowest BCUT2D eigenvalue weighted by atomic mass is 9.96. The number of nitrogens with zero attached hydrogens (tertiary/aromatic N) is 2. The van der Waals surface area contributed by atoms with Gasteiger partial charge in [-0.15, -0.1) is 35.3 Å². The summed E-state index contributed by atoms with van der Waals surface area (Å²) in [7, 11) is 1.82. The molecule has 1 aromatic carbocycles. The topological polar surface area (TPSA) is 49.3 Å². The maximum atomic E-state index is 4.49. The number of guanidine groups is 1. The molecule has 6 heteroatoms. The van der Waals surface area contributed by atoms with Crippen LogP contribution < -0.4 is 10.6 Å². The highest BCUT2D eigenvalue weighted by molar-refractivity contribution is 14.0. The molecule has 1 fully saturated rings. The van der Waals surface area contributed by atoms with Gasteiger partial charge >= 0.3 is 0 Å². The Labute approximate surface area is 165 Å². The minimum atomic E-state index is 0. The molecule has 1 aliphatic rings. The van der Waals surface area contributed by atoms with Gasteiger partial charge in [-0.25, -0.2) is 4.98 Å². The van der Waals surface area contributed by atoms with Gasteiger partial charge in [-0.1, -0.05) is 30.3 Å². The van der Waals surface area contributed by atoms with Crippen molar-refractivity contribution in [3.05, 3.63) is 52.0 Å². The van der Waals surface area contributed by atoms with Crippen LogP contribution in [0.5, 0.6) is 0 Å². The number of hydrogen-bond donors (Lipinski definition) is 2. The molecular weight excluding hydrogens is 431 g/mol. The summed E-state index contributed by atoms with van der Waals surface area (Å²) in [6, 6.07) is 10.8. The molecule has 0 unspecified atom stereocenters. The molecule has 130 valence electrons. The molecule has 0 radical (unpaired) electrons. The second kappa shape index (κ2) is 8.80. The largest absolute Gasteiger partial charge is 0.356 e. The highest BCUT2D eigenvalue weighted by Crippen LogP contribution is 2.47. The van der Waals surface area contributed by atoms with Crippen molar-refractivity contribution in [3.8, 4) is 0 Å². The molecule has 1 saturated carbocycles. The first-order valence-electron chi connectivity index (χ1n) is 8.13. The van der Waals surface area contributed by atoms with Gasteiger partial charge in [0.15, 0.2) is 5.96 Å². The minimum absolute atomic E-state index is 0. The van der Waals surface area contributed by atoms with Crippen molar-refractivity contribution in [1.29, 1.82) is 0 Å². The van der Waals surface area contributed by atoms with E-state index in [9.17, 15) is 0 Å². The van der Waals surface area contributed by atoms with Crippen LogP contribution in [0.2, 0.25) is 0 Å². The molecule has 1 aromatic heterocycles. The van der Waals surface area contributed by atoms with E-state index in [0.717, 1.165) is 36.2 Å². The second-order valence-corrected chi connectivity index (χ2v) is 7.17. The lowest BCUT2D eigenvalue weighted by Gasteiger charge is -2.19. The van der Waals surface area contributed by atoms with E-state index in [0.29, 0.717) is 5.41 Å². The summed E-state index contributed by atoms with van der Waals surface area (Å²) in [5.74, 6) is 0.874. The predicted octanol–water partition coefficient (Wildman–Crippen LogP) is 3.51. The zero-order valence-electron chi connectivity index (χ0n) is 14.2. The molecule has 1 aliphatic carbocycles. The smallest absolute Gasteiger partial charge is 0.191 e. The first kappa shape index (κ1) is 19.2. The molecule has 0 bridgehead atoms. The maximum Gasteiger partial charge on any atom is 0.191 e. The number of aromatic nitrogens is 1. The quantitative estimate of drug-likeness (QED) is 0.398. The van der Waals surface area contributed by atoms with Gasteiger partial charge in [0, 0.05) is 37.4 Å². The van der Waals surface area contributed by atoms with Crippen molar-refractivity contribution in [2.45, 2.75) is 31.6 Å². The second-order valence-electron chi connectivity index (χ2n) is 6.11. The Bertz CT molecular complexity index is 665. The third kappa shape index (κ3) is 4.92. The Kier molecular flexibility index (Phi) is 7.03. The zero-order chi connectivity index (χ0) is 16.1. The van der Waals surface area contributed by atoms with Crippen LogP contribution in [0.3, 0.4) is 0 Å². The number of aliphatic imine (C=N–C) groups is 1. The molecular formula is C18H25IN4S. The van der Waals surface area contributed by atoms with Crippen molar-refractivity contribution >= 4 is 41.3 Å². The van der Waals surface area contributed by atoms with E-state index in [4.69, 9.17) is 0 Å². The van der Waals surface area contributed by atoms with Crippen molar-refractivity contribution in [2.75, 3.05) is 20.1 Å². The van der Waals surface area contributed by atoms with Crippen LogP contribution in [0.15, 0.2) is 40.7 Å². The number of aryl methyl sites for hydroxylation is 1. The predicted molar refractivity (Wildman–Crippen MR) is 113 cm³/mol. The lowest BCUT2D eigenvalue weighted by molar-refractivity contribution is 0.645. The molecule has 2 aromatic rings. The van der Waals surface area contributed by atoms with Crippen LogP contribution in [0.1, 0.15) is 29.1 Å². The summed E-state index contributed by atoms with van der Waals surface area (Å²) in [5.41, 5.74) is 2.88. The summed E-state index contributed by atoms with van der Waals surface area (Å²) < 4.78 is 0. The van der Waals surface area contributed by atoms with E-state index in [-0.39, 0.29) is 24.0 Å². The first-order chi connectivity index (χ1) is 11.2. The number of halogens is 1. The Morgan fingerprint density at radius 1 is 1.25 bits per heavy atom. The van der Waals surface area contributed by atoms with Crippen LogP contribution in [0.25, 0.3) is 0 Å². The van der Waals surface area contributed by atoms with Gasteiger partial charge in [0.25, 0.3) is 0 Å². The monoisotopic (exact) mass is 456 g/mol. The van der Waals surface area contributed by atoms with Gasteiger partial charge in [-0.3, -0.25) is 4.99 Å². The van der Waals surface area contributed by atoms with Gasteiger partial charge in [-0.2, -0.15) is 0 Å². The van der Waals surface area contributed by atoms with Crippen LogP contribution in [-0.4, -0.2) is 31.1 Å². The molecule has 24 heavy (non-hydrogen) atoms. The Morgan fingerprint density at radius 2 is 2.00 bits per heavy atom. The van der Waals surface area contributed by atoms with Crippen molar-refractivity contribution in [3.63, 3.8) is 0 Å². The van der Waals surface area contributed by atoms with Gasteiger partial charge in [0.2, 0.25) is 0 Å². The molecule has 0 saturated heterocycles. The molecule has 0 spiro atoms. The van der Waals surface area contributed by atoms with Crippen LogP contribution in [-0.2, 0) is 11.8 Å².